The van der Waals surface area contributed by atoms with Gasteiger partial charge >= 0.3 is 0 Å². The van der Waals surface area contributed by atoms with Crippen LogP contribution < -0.4 is 15.2 Å². The Kier molecular flexibility index (Phi) is 7.69. The second-order valence-corrected chi connectivity index (χ2v) is 9.46. The first-order valence-corrected chi connectivity index (χ1v) is 11.9. The highest BCUT2D eigenvalue weighted by Gasteiger charge is 2.20. The first-order chi connectivity index (χ1) is 16.9. The quantitative estimate of drug-likeness (QED) is 0.253. The molecule has 0 radical (unpaired) electrons. The monoisotopic (exact) mass is 528 g/mol. The van der Waals surface area contributed by atoms with E-state index in [9.17, 15) is 28.1 Å². The number of nitro groups is 1. The summed E-state index contributed by atoms with van der Waals surface area (Å²) in [7, 11) is -3.90. The number of sulfonamides is 1. The van der Waals surface area contributed by atoms with Gasteiger partial charge in [0.25, 0.3) is 11.6 Å². The van der Waals surface area contributed by atoms with Gasteiger partial charge < -0.3 is 10.1 Å². The highest BCUT2D eigenvalue weighted by Crippen LogP contribution is 2.28. The topological polar surface area (TPSA) is 182 Å². The molecular weight excluding hydrogens is 512 g/mol. The Balaban J connectivity index is 1.82. The van der Waals surface area contributed by atoms with Gasteiger partial charge in [0.1, 0.15) is 5.75 Å². The molecular formula is C23H17ClN4O7S. The fourth-order valence-corrected chi connectivity index (χ4v) is 3.93. The smallest absolute Gasteiger partial charge is 0.271 e. The van der Waals surface area contributed by atoms with Gasteiger partial charge in [-0.05, 0) is 55.0 Å². The van der Waals surface area contributed by atoms with E-state index in [0.717, 1.165) is 12.1 Å². The summed E-state index contributed by atoms with van der Waals surface area (Å²) in [6, 6.07) is 13.0. The van der Waals surface area contributed by atoms with Gasteiger partial charge in [-0.25, -0.2) is 13.6 Å². The van der Waals surface area contributed by atoms with E-state index in [1.165, 1.54) is 42.5 Å². The molecule has 3 aromatic rings. The number of hydrogen-bond acceptors (Lipinski definition) is 8. The average Bonchev–Trinajstić information content (AvgIpc) is 2.82. The first-order valence-electron chi connectivity index (χ1n) is 9.99. The average molecular weight is 529 g/mol. The molecule has 0 aliphatic carbocycles. The minimum Gasteiger partial charge on any atom is -0.483 e. The van der Waals surface area contributed by atoms with Crippen LogP contribution >= 0.6 is 11.6 Å². The zero-order chi connectivity index (χ0) is 26.6. The Hall–Kier alpha value is -4.31. The van der Waals surface area contributed by atoms with Crippen LogP contribution in [-0.4, -0.2) is 31.6 Å². The van der Waals surface area contributed by atoms with Crippen molar-refractivity contribution in [2.75, 3.05) is 11.9 Å². The van der Waals surface area contributed by atoms with Gasteiger partial charge in [-0.15, -0.1) is 0 Å². The molecule has 0 aliphatic rings. The van der Waals surface area contributed by atoms with Crippen molar-refractivity contribution in [3.8, 4) is 11.8 Å². The van der Waals surface area contributed by atoms with E-state index in [0.29, 0.717) is 11.3 Å². The van der Waals surface area contributed by atoms with Gasteiger partial charge in [-0.1, -0.05) is 11.6 Å². The van der Waals surface area contributed by atoms with Crippen LogP contribution in [0, 0.1) is 28.4 Å². The number of nitro benzene ring substituents is 1. The molecule has 3 aromatic carbocycles. The summed E-state index contributed by atoms with van der Waals surface area (Å²) in [5, 5.41) is 28.2. The van der Waals surface area contributed by atoms with Gasteiger partial charge in [-0.3, -0.25) is 19.7 Å². The van der Waals surface area contributed by atoms with Gasteiger partial charge in [0.05, 0.1) is 27.0 Å². The summed E-state index contributed by atoms with van der Waals surface area (Å²) in [5.74, 6) is -1.34. The van der Waals surface area contributed by atoms with Crippen molar-refractivity contribution in [2.45, 2.75) is 11.8 Å². The second-order valence-electron chi connectivity index (χ2n) is 7.47. The Morgan fingerprint density at radius 3 is 2.50 bits per heavy atom. The van der Waals surface area contributed by atoms with Crippen LogP contribution in [0.2, 0.25) is 5.02 Å². The number of nitriles is 1. The maximum Gasteiger partial charge on any atom is 0.271 e. The summed E-state index contributed by atoms with van der Waals surface area (Å²) in [6.45, 7) is 1.05. The number of ketones is 1. The number of primary sulfonamides is 1. The molecule has 0 atom stereocenters. The molecule has 0 aromatic heterocycles. The number of hydrogen-bond donors (Lipinski definition) is 2. The summed E-state index contributed by atoms with van der Waals surface area (Å²) < 4.78 is 28.4. The maximum absolute atomic E-state index is 13.1. The minimum atomic E-state index is -3.90. The van der Waals surface area contributed by atoms with E-state index in [2.05, 4.69) is 5.32 Å². The number of amides is 1. The van der Waals surface area contributed by atoms with Crippen molar-refractivity contribution in [1.82, 2.24) is 0 Å². The lowest BCUT2D eigenvalue weighted by Crippen LogP contribution is -2.21. The number of aryl methyl sites for hydroxylation is 1. The molecule has 1 amide bonds. The Labute approximate surface area is 210 Å². The number of anilines is 1. The van der Waals surface area contributed by atoms with Crippen molar-refractivity contribution in [3.05, 3.63) is 92.0 Å². The molecule has 0 spiro atoms. The molecule has 0 aliphatic heterocycles. The molecule has 0 saturated heterocycles. The van der Waals surface area contributed by atoms with Crippen molar-refractivity contribution < 1.29 is 27.7 Å². The lowest BCUT2D eigenvalue weighted by atomic mass is 10.00. The first kappa shape index (κ1) is 26.3. The number of nitrogens with zero attached hydrogens (tertiary/aromatic N) is 2. The van der Waals surface area contributed by atoms with E-state index in [4.69, 9.17) is 26.7 Å². The fourth-order valence-electron chi connectivity index (χ4n) is 3.16. The Morgan fingerprint density at radius 2 is 1.89 bits per heavy atom. The summed E-state index contributed by atoms with van der Waals surface area (Å²) >= 11 is 6.02. The van der Waals surface area contributed by atoms with Crippen molar-refractivity contribution in [1.29, 1.82) is 5.26 Å². The van der Waals surface area contributed by atoms with Gasteiger partial charge in [0.15, 0.2) is 12.4 Å². The van der Waals surface area contributed by atoms with E-state index in [1.807, 2.05) is 0 Å². The van der Waals surface area contributed by atoms with Crippen molar-refractivity contribution in [2.24, 2.45) is 5.14 Å². The van der Waals surface area contributed by atoms with Crippen LogP contribution in [0.3, 0.4) is 0 Å². The molecule has 3 rings (SSSR count). The maximum atomic E-state index is 13.1. The molecule has 0 heterocycles. The van der Waals surface area contributed by atoms with Gasteiger partial charge in [0.2, 0.25) is 10.0 Å². The second kappa shape index (κ2) is 10.5. The van der Waals surface area contributed by atoms with Crippen LogP contribution in [0.15, 0.2) is 59.5 Å². The Bertz CT molecular complexity index is 1550. The van der Waals surface area contributed by atoms with Crippen LogP contribution in [-0.2, 0) is 14.8 Å². The lowest BCUT2D eigenvalue weighted by Gasteiger charge is -2.13. The number of ether oxygens (including phenoxy) is 1. The molecule has 11 nitrogen and oxygen atoms in total. The Morgan fingerprint density at radius 1 is 1.17 bits per heavy atom. The molecule has 13 heteroatoms. The normalized spacial score (nSPS) is 10.8. The molecule has 3 N–H and O–H groups in total. The predicted octanol–water partition coefficient (Wildman–Crippen LogP) is 3.32. The van der Waals surface area contributed by atoms with E-state index >= 15 is 0 Å². The van der Waals surface area contributed by atoms with Crippen molar-refractivity contribution >= 4 is 44.7 Å². The van der Waals surface area contributed by atoms with E-state index < -0.39 is 38.9 Å². The van der Waals surface area contributed by atoms with Gasteiger partial charge in [-0.2, -0.15) is 5.26 Å². The van der Waals surface area contributed by atoms with Crippen molar-refractivity contribution in [3.63, 3.8) is 0 Å². The summed E-state index contributed by atoms with van der Waals surface area (Å²) in [4.78, 5) is 35.9. The molecule has 0 bridgehead atoms. The third-order valence-corrected chi connectivity index (χ3v) is 6.01. The molecule has 184 valence electrons. The highest BCUT2D eigenvalue weighted by molar-refractivity contribution is 7.89. The van der Waals surface area contributed by atoms with Crippen LogP contribution in [0.1, 0.15) is 27.0 Å². The number of carbonyl (C=O) groups excluding carboxylic acids is 2. The molecule has 0 saturated carbocycles. The zero-order valence-corrected chi connectivity index (χ0v) is 20.1. The van der Waals surface area contributed by atoms with Gasteiger partial charge in [0, 0.05) is 28.4 Å². The van der Waals surface area contributed by atoms with Crippen LogP contribution in [0.5, 0.6) is 5.75 Å². The molecule has 0 fully saturated rings. The number of nitrogens with one attached hydrogen (secondary N) is 1. The number of halogens is 1. The largest absolute Gasteiger partial charge is 0.483 e. The van der Waals surface area contributed by atoms with Crippen LogP contribution in [0.4, 0.5) is 11.4 Å². The number of nitrogens with two attached hydrogens (primary N) is 1. The minimum absolute atomic E-state index is 0.0224. The van der Waals surface area contributed by atoms with E-state index in [1.54, 1.807) is 13.0 Å². The molecule has 36 heavy (non-hydrogen) atoms. The number of carbonyl (C=O) groups is 2. The zero-order valence-electron chi connectivity index (χ0n) is 18.5. The van der Waals surface area contributed by atoms with Crippen LogP contribution in [0.25, 0.3) is 0 Å². The number of non-ortho nitro benzene ring substituents is 1. The van der Waals surface area contributed by atoms with E-state index in [-0.39, 0.29) is 32.4 Å². The molecule has 0 unspecified atom stereocenters. The SMILES string of the molecule is Cc1cc(S(N)(=O)=O)ccc1NC(=O)COc1ccc(Cl)cc1C(=O)c1cc(C#N)cc([N+](=O)[O-])c1. The lowest BCUT2D eigenvalue weighted by molar-refractivity contribution is -0.384. The predicted molar refractivity (Wildman–Crippen MR) is 129 cm³/mol. The fraction of sp³-hybridized carbons (Fsp3) is 0.0870. The standard InChI is InChI=1S/C23H17ClN4O7S/c1-13-6-18(36(26,33)34)3-4-20(13)27-22(29)12-35-21-5-2-16(24)10-19(21)23(30)15-7-14(11-25)8-17(9-15)28(31)32/h2-10H,12H2,1H3,(H,27,29)(H2,26,33,34). The third kappa shape index (κ3) is 6.22. The highest BCUT2D eigenvalue weighted by atomic mass is 35.5. The number of rotatable bonds is 8. The summed E-state index contributed by atoms with van der Waals surface area (Å²) in [6.07, 6.45) is 0. The number of benzene rings is 3. The third-order valence-electron chi connectivity index (χ3n) is 4.87. The summed E-state index contributed by atoms with van der Waals surface area (Å²) in [5.41, 5.74) is 0.0295.